The molecule has 1 heterocycles. The van der Waals surface area contributed by atoms with E-state index in [0.29, 0.717) is 32.8 Å². The van der Waals surface area contributed by atoms with Gasteiger partial charge in [0.1, 0.15) is 0 Å². The lowest BCUT2D eigenvalue weighted by Gasteiger charge is -2.28. The van der Waals surface area contributed by atoms with Gasteiger partial charge in [-0.3, -0.25) is 4.90 Å². The van der Waals surface area contributed by atoms with Crippen molar-refractivity contribution < 1.29 is 21.6 Å². The monoisotopic (exact) mass is 409 g/mol. The minimum Gasteiger partial charge on any atom is -0.379 e. The average molecular weight is 410 g/mol. The molecule has 0 atom stereocenters. The lowest BCUT2D eigenvalue weighted by atomic mass is 10.3. The Labute approximate surface area is 160 Å². The van der Waals surface area contributed by atoms with E-state index in [4.69, 9.17) is 4.74 Å². The van der Waals surface area contributed by atoms with E-state index in [1.165, 1.54) is 24.3 Å². The largest absolute Gasteiger partial charge is 0.379 e. The number of hydrogen-bond acceptors (Lipinski definition) is 6. The van der Waals surface area contributed by atoms with E-state index in [2.05, 4.69) is 0 Å². The Balaban J connectivity index is 1.96. The molecule has 2 aromatic carbocycles. The van der Waals surface area contributed by atoms with Gasteiger partial charge >= 0.3 is 0 Å². The molecular formula is C19H23NO5S2. The predicted molar refractivity (Wildman–Crippen MR) is 103 cm³/mol. The van der Waals surface area contributed by atoms with Gasteiger partial charge < -0.3 is 4.74 Å². The SMILES string of the molecule is O=S(=O)(c1ccccc1)C(CCN1CCOCC1)S(=O)(=O)c1ccccc1. The van der Waals surface area contributed by atoms with Crippen LogP contribution in [0.5, 0.6) is 0 Å². The molecule has 0 saturated carbocycles. The van der Waals surface area contributed by atoms with Crippen LogP contribution in [0.15, 0.2) is 70.5 Å². The van der Waals surface area contributed by atoms with Crippen molar-refractivity contribution in [2.75, 3.05) is 32.8 Å². The second-order valence-corrected chi connectivity index (χ2v) is 10.9. The summed E-state index contributed by atoms with van der Waals surface area (Å²) in [6, 6.07) is 15.6. The number of ether oxygens (including phenoxy) is 1. The van der Waals surface area contributed by atoms with Crippen LogP contribution < -0.4 is 0 Å². The van der Waals surface area contributed by atoms with Crippen LogP contribution in [0.2, 0.25) is 0 Å². The highest BCUT2D eigenvalue weighted by atomic mass is 32.3. The third-order valence-electron chi connectivity index (χ3n) is 4.62. The van der Waals surface area contributed by atoms with Gasteiger partial charge in [0.25, 0.3) is 0 Å². The third kappa shape index (κ3) is 4.57. The summed E-state index contributed by atoms with van der Waals surface area (Å²) in [5, 5.41) is 0. The van der Waals surface area contributed by atoms with E-state index < -0.39 is 24.3 Å². The molecule has 1 aliphatic rings. The summed E-state index contributed by atoms with van der Waals surface area (Å²) in [5.74, 6) is 0. The first kappa shape index (κ1) is 20.0. The van der Waals surface area contributed by atoms with Crippen LogP contribution in [0, 0.1) is 0 Å². The fraction of sp³-hybridized carbons (Fsp3) is 0.368. The third-order valence-corrected chi connectivity index (χ3v) is 9.85. The molecule has 2 aromatic rings. The van der Waals surface area contributed by atoms with Crippen molar-refractivity contribution in [1.82, 2.24) is 4.90 Å². The van der Waals surface area contributed by atoms with Gasteiger partial charge in [0, 0.05) is 19.6 Å². The van der Waals surface area contributed by atoms with Gasteiger partial charge in [0.2, 0.25) is 0 Å². The van der Waals surface area contributed by atoms with Crippen LogP contribution in [-0.2, 0) is 24.4 Å². The summed E-state index contributed by atoms with van der Waals surface area (Å²) in [6.45, 7) is 2.86. The van der Waals surface area contributed by atoms with Gasteiger partial charge in [0.15, 0.2) is 24.3 Å². The first-order valence-corrected chi connectivity index (χ1v) is 11.9. The number of morpholine rings is 1. The van der Waals surface area contributed by atoms with Crippen LogP contribution in [0.4, 0.5) is 0 Å². The smallest absolute Gasteiger partial charge is 0.196 e. The standard InChI is InChI=1S/C19H23NO5S2/c21-26(22,17-7-3-1-4-8-17)19(11-12-20-13-15-25-16-14-20)27(23,24)18-9-5-2-6-10-18/h1-10,19H,11-16H2. The Bertz CT molecular complexity index is 869. The van der Waals surface area contributed by atoms with Crippen LogP contribution in [0.25, 0.3) is 0 Å². The molecule has 6 nitrogen and oxygen atoms in total. The molecule has 0 aliphatic carbocycles. The van der Waals surface area contributed by atoms with Crippen molar-refractivity contribution >= 4 is 19.7 Å². The molecule has 0 radical (unpaired) electrons. The summed E-state index contributed by atoms with van der Waals surface area (Å²) >= 11 is 0. The fourth-order valence-corrected chi connectivity index (χ4v) is 7.63. The first-order valence-electron chi connectivity index (χ1n) is 8.80. The van der Waals surface area contributed by atoms with Gasteiger partial charge in [0.05, 0.1) is 23.0 Å². The molecule has 0 amide bonds. The molecule has 0 bridgehead atoms. The zero-order valence-electron chi connectivity index (χ0n) is 14.9. The van der Waals surface area contributed by atoms with E-state index >= 15 is 0 Å². The first-order chi connectivity index (χ1) is 12.9. The Morgan fingerprint density at radius 3 is 1.67 bits per heavy atom. The minimum absolute atomic E-state index is 0.00839. The zero-order chi connectivity index (χ0) is 19.3. The molecule has 0 unspecified atom stereocenters. The molecule has 1 aliphatic heterocycles. The maximum absolute atomic E-state index is 13.2. The molecule has 8 heteroatoms. The van der Waals surface area contributed by atoms with Gasteiger partial charge in [-0.05, 0) is 30.7 Å². The number of nitrogens with zero attached hydrogens (tertiary/aromatic N) is 1. The lowest BCUT2D eigenvalue weighted by molar-refractivity contribution is 0.0378. The molecule has 0 N–H and O–H groups in total. The van der Waals surface area contributed by atoms with Crippen LogP contribution in [-0.4, -0.2) is 59.2 Å². The van der Waals surface area contributed by atoms with E-state index in [-0.39, 0.29) is 16.2 Å². The molecule has 146 valence electrons. The Hall–Kier alpha value is -1.74. The number of sulfone groups is 2. The summed E-state index contributed by atoms with van der Waals surface area (Å²) in [5.41, 5.74) is 0. The van der Waals surface area contributed by atoms with E-state index in [1.54, 1.807) is 36.4 Å². The summed E-state index contributed by atoms with van der Waals surface area (Å²) in [7, 11) is -8.11. The van der Waals surface area contributed by atoms with E-state index in [0.717, 1.165) is 0 Å². The highest BCUT2D eigenvalue weighted by molar-refractivity contribution is 8.09. The summed E-state index contributed by atoms with van der Waals surface area (Å²) in [6.07, 6.45) is 0.00839. The van der Waals surface area contributed by atoms with Gasteiger partial charge in [-0.25, -0.2) is 16.8 Å². The number of rotatable bonds is 7. The van der Waals surface area contributed by atoms with Crippen LogP contribution in [0.1, 0.15) is 6.42 Å². The van der Waals surface area contributed by atoms with Crippen molar-refractivity contribution in [2.45, 2.75) is 20.8 Å². The fourth-order valence-electron chi connectivity index (χ4n) is 3.11. The molecule has 0 aromatic heterocycles. The minimum atomic E-state index is -4.05. The zero-order valence-corrected chi connectivity index (χ0v) is 16.5. The second kappa shape index (κ2) is 8.52. The summed E-state index contributed by atoms with van der Waals surface area (Å²) in [4.78, 5) is 2.09. The van der Waals surface area contributed by atoms with Crippen molar-refractivity contribution in [1.29, 1.82) is 0 Å². The Kier molecular flexibility index (Phi) is 6.31. The van der Waals surface area contributed by atoms with Crippen molar-refractivity contribution in [3.8, 4) is 0 Å². The molecule has 27 heavy (non-hydrogen) atoms. The molecule has 1 fully saturated rings. The summed E-state index contributed by atoms with van der Waals surface area (Å²) < 4.78 is 56.6. The van der Waals surface area contributed by atoms with E-state index in [1.807, 2.05) is 4.90 Å². The average Bonchev–Trinajstić information content (AvgIpc) is 2.70. The van der Waals surface area contributed by atoms with Gasteiger partial charge in [-0.2, -0.15) is 0 Å². The molecule has 3 rings (SSSR count). The highest BCUT2D eigenvalue weighted by Gasteiger charge is 2.39. The number of hydrogen-bond donors (Lipinski definition) is 0. The second-order valence-electron chi connectivity index (χ2n) is 6.39. The van der Waals surface area contributed by atoms with Gasteiger partial charge in [-0.1, -0.05) is 36.4 Å². The number of benzene rings is 2. The van der Waals surface area contributed by atoms with Crippen LogP contribution >= 0.6 is 0 Å². The normalized spacial score (nSPS) is 16.5. The maximum Gasteiger partial charge on any atom is 0.196 e. The van der Waals surface area contributed by atoms with Crippen molar-refractivity contribution in [3.05, 3.63) is 60.7 Å². The quantitative estimate of drug-likeness (QED) is 0.696. The van der Waals surface area contributed by atoms with Crippen molar-refractivity contribution in [3.63, 3.8) is 0 Å². The predicted octanol–water partition coefficient (Wildman–Crippen LogP) is 1.98. The Morgan fingerprint density at radius 1 is 0.778 bits per heavy atom. The maximum atomic E-state index is 13.2. The topological polar surface area (TPSA) is 80.8 Å². The molecule has 0 spiro atoms. The van der Waals surface area contributed by atoms with E-state index in [9.17, 15) is 16.8 Å². The molecular weight excluding hydrogens is 386 g/mol. The Morgan fingerprint density at radius 2 is 1.22 bits per heavy atom. The molecule has 1 saturated heterocycles. The highest BCUT2D eigenvalue weighted by Crippen LogP contribution is 2.28. The lowest BCUT2D eigenvalue weighted by Crippen LogP contribution is -2.40. The van der Waals surface area contributed by atoms with Gasteiger partial charge in [-0.15, -0.1) is 0 Å². The van der Waals surface area contributed by atoms with Crippen LogP contribution in [0.3, 0.4) is 0 Å². The van der Waals surface area contributed by atoms with Crippen molar-refractivity contribution in [2.24, 2.45) is 0 Å².